The monoisotopic (exact) mass is 286 g/mol. The van der Waals surface area contributed by atoms with E-state index in [2.05, 4.69) is 37.1 Å². The van der Waals surface area contributed by atoms with Gasteiger partial charge in [-0.2, -0.15) is 0 Å². The molecular weight excluding hydrogens is 264 g/mol. The molecule has 1 fully saturated rings. The average Bonchev–Trinajstić information content (AvgIpc) is 2.95. The highest BCUT2D eigenvalue weighted by Gasteiger charge is 2.24. The first kappa shape index (κ1) is 14.3. The maximum absolute atomic E-state index is 6.05. The Morgan fingerprint density at radius 3 is 2.72 bits per heavy atom. The summed E-state index contributed by atoms with van der Waals surface area (Å²) in [5.74, 6) is 0. The van der Waals surface area contributed by atoms with Gasteiger partial charge in [-0.1, -0.05) is 11.6 Å². The van der Waals surface area contributed by atoms with Crippen LogP contribution in [0, 0.1) is 0 Å². The molecule has 2 nitrogen and oxygen atoms in total. The van der Waals surface area contributed by atoms with E-state index in [1.807, 2.05) is 6.07 Å². The zero-order chi connectivity index (χ0) is 13.1. The molecule has 0 aliphatic carbocycles. The highest BCUT2D eigenvalue weighted by molar-refractivity contribution is 7.16. The lowest BCUT2D eigenvalue weighted by Gasteiger charge is -2.34. The predicted octanol–water partition coefficient (Wildman–Crippen LogP) is 3.92. The molecule has 0 amide bonds. The Morgan fingerprint density at radius 1 is 1.44 bits per heavy atom. The van der Waals surface area contributed by atoms with Crippen molar-refractivity contribution >= 4 is 22.9 Å². The first-order valence-corrected chi connectivity index (χ1v) is 8.01. The van der Waals surface area contributed by atoms with E-state index in [9.17, 15) is 0 Å². The van der Waals surface area contributed by atoms with Crippen LogP contribution in [-0.4, -0.2) is 30.1 Å². The van der Waals surface area contributed by atoms with Crippen molar-refractivity contribution in [1.82, 2.24) is 10.2 Å². The van der Waals surface area contributed by atoms with Crippen LogP contribution in [0.25, 0.3) is 0 Å². The fourth-order valence-electron chi connectivity index (χ4n) is 2.70. The number of halogens is 1. The molecule has 102 valence electrons. The van der Waals surface area contributed by atoms with Gasteiger partial charge in [0.15, 0.2) is 0 Å². The molecule has 2 unspecified atom stereocenters. The molecule has 1 N–H and O–H groups in total. The van der Waals surface area contributed by atoms with Crippen molar-refractivity contribution in [2.75, 3.05) is 13.1 Å². The van der Waals surface area contributed by atoms with Gasteiger partial charge in [0, 0.05) is 29.5 Å². The van der Waals surface area contributed by atoms with E-state index >= 15 is 0 Å². The van der Waals surface area contributed by atoms with Gasteiger partial charge < -0.3 is 5.32 Å². The van der Waals surface area contributed by atoms with Gasteiger partial charge in [0.25, 0.3) is 0 Å². The largest absolute Gasteiger partial charge is 0.313 e. The van der Waals surface area contributed by atoms with E-state index in [4.69, 9.17) is 11.6 Å². The minimum Gasteiger partial charge on any atom is -0.313 e. The van der Waals surface area contributed by atoms with Gasteiger partial charge in [0.2, 0.25) is 0 Å². The molecule has 2 heterocycles. The van der Waals surface area contributed by atoms with Gasteiger partial charge >= 0.3 is 0 Å². The topological polar surface area (TPSA) is 15.3 Å². The normalized spacial score (nSPS) is 22.0. The Labute approximate surface area is 119 Å². The van der Waals surface area contributed by atoms with E-state index in [0.717, 1.165) is 10.9 Å². The molecule has 0 saturated carbocycles. The summed E-state index contributed by atoms with van der Waals surface area (Å²) in [5, 5.41) is 3.59. The summed E-state index contributed by atoms with van der Waals surface area (Å²) >= 11 is 7.75. The standard InChI is InChI=1S/C14H23ClN2S/c1-10(2)17(9-12-5-4-8-16-12)11(3)13-6-7-14(15)18-13/h6-7,10-12,16H,4-5,8-9H2,1-3H3. The molecule has 1 aromatic heterocycles. The average molecular weight is 287 g/mol. The van der Waals surface area contributed by atoms with E-state index < -0.39 is 0 Å². The van der Waals surface area contributed by atoms with Gasteiger partial charge in [0.05, 0.1) is 4.34 Å². The molecule has 4 heteroatoms. The summed E-state index contributed by atoms with van der Waals surface area (Å²) in [6, 6.07) is 5.83. The van der Waals surface area contributed by atoms with E-state index in [0.29, 0.717) is 18.1 Å². The lowest BCUT2D eigenvalue weighted by atomic mass is 10.1. The minimum absolute atomic E-state index is 0.449. The Hall–Kier alpha value is -0.0900. The van der Waals surface area contributed by atoms with Crippen molar-refractivity contribution in [2.24, 2.45) is 0 Å². The van der Waals surface area contributed by atoms with Crippen molar-refractivity contribution in [3.8, 4) is 0 Å². The third kappa shape index (κ3) is 3.47. The molecule has 0 aromatic carbocycles. The smallest absolute Gasteiger partial charge is 0.0931 e. The molecule has 0 radical (unpaired) electrons. The van der Waals surface area contributed by atoms with Crippen molar-refractivity contribution in [3.05, 3.63) is 21.3 Å². The van der Waals surface area contributed by atoms with Crippen LogP contribution in [0.15, 0.2) is 12.1 Å². The second kappa shape index (κ2) is 6.38. The third-order valence-corrected chi connectivity index (χ3v) is 5.16. The number of hydrogen-bond acceptors (Lipinski definition) is 3. The van der Waals surface area contributed by atoms with Crippen LogP contribution in [0.1, 0.15) is 44.5 Å². The van der Waals surface area contributed by atoms with E-state index in [1.165, 1.54) is 24.3 Å². The van der Waals surface area contributed by atoms with E-state index in [1.54, 1.807) is 11.3 Å². The fourth-order valence-corrected chi connectivity index (χ4v) is 3.83. The van der Waals surface area contributed by atoms with Crippen LogP contribution in [0.2, 0.25) is 4.34 Å². The van der Waals surface area contributed by atoms with Crippen molar-refractivity contribution in [3.63, 3.8) is 0 Å². The predicted molar refractivity (Wildman–Crippen MR) is 80.6 cm³/mol. The van der Waals surface area contributed by atoms with Crippen molar-refractivity contribution in [2.45, 2.75) is 51.7 Å². The number of nitrogens with zero attached hydrogens (tertiary/aromatic N) is 1. The summed E-state index contributed by atoms with van der Waals surface area (Å²) < 4.78 is 0.888. The van der Waals surface area contributed by atoms with Crippen molar-refractivity contribution < 1.29 is 0 Å². The van der Waals surface area contributed by atoms with Crippen LogP contribution < -0.4 is 5.32 Å². The van der Waals surface area contributed by atoms with Crippen molar-refractivity contribution in [1.29, 1.82) is 0 Å². The van der Waals surface area contributed by atoms with Crippen LogP contribution in [0.3, 0.4) is 0 Å². The number of thiophene rings is 1. The Morgan fingerprint density at radius 2 is 2.22 bits per heavy atom. The number of nitrogens with one attached hydrogen (secondary N) is 1. The second-order valence-electron chi connectivity index (χ2n) is 5.40. The maximum atomic E-state index is 6.05. The lowest BCUT2D eigenvalue weighted by molar-refractivity contribution is 0.152. The van der Waals surface area contributed by atoms with Crippen LogP contribution >= 0.6 is 22.9 Å². The highest BCUT2D eigenvalue weighted by Crippen LogP contribution is 2.31. The quantitative estimate of drug-likeness (QED) is 0.882. The molecule has 2 rings (SSSR count). The molecular formula is C14H23ClN2S. The van der Waals surface area contributed by atoms with E-state index in [-0.39, 0.29) is 0 Å². The highest BCUT2D eigenvalue weighted by atomic mass is 35.5. The van der Waals surface area contributed by atoms with Gasteiger partial charge in [-0.25, -0.2) is 0 Å². The minimum atomic E-state index is 0.449. The van der Waals surface area contributed by atoms with Gasteiger partial charge in [-0.15, -0.1) is 11.3 Å². The third-order valence-electron chi connectivity index (χ3n) is 3.76. The molecule has 18 heavy (non-hydrogen) atoms. The summed E-state index contributed by atoms with van der Waals surface area (Å²) in [7, 11) is 0. The summed E-state index contributed by atoms with van der Waals surface area (Å²) in [6.07, 6.45) is 2.62. The Kier molecular flexibility index (Phi) is 5.07. The van der Waals surface area contributed by atoms with Crippen LogP contribution in [-0.2, 0) is 0 Å². The van der Waals surface area contributed by atoms with Gasteiger partial charge in [-0.05, 0) is 52.3 Å². The summed E-state index contributed by atoms with van der Waals surface area (Å²) in [6.45, 7) is 9.16. The van der Waals surface area contributed by atoms with Gasteiger partial charge in [0.1, 0.15) is 0 Å². The molecule has 1 aliphatic heterocycles. The number of rotatable bonds is 5. The summed E-state index contributed by atoms with van der Waals surface area (Å²) in [4.78, 5) is 3.94. The Balaban J connectivity index is 2.04. The van der Waals surface area contributed by atoms with Gasteiger partial charge in [-0.3, -0.25) is 4.90 Å². The van der Waals surface area contributed by atoms with Crippen LogP contribution in [0.4, 0.5) is 0 Å². The molecule has 0 spiro atoms. The maximum Gasteiger partial charge on any atom is 0.0931 e. The first-order valence-electron chi connectivity index (χ1n) is 6.82. The lowest BCUT2D eigenvalue weighted by Crippen LogP contribution is -2.42. The first-order chi connectivity index (χ1) is 8.58. The molecule has 1 aromatic rings. The zero-order valence-corrected chi connectivity index (χ0v) is 13.0. The Bertz CT molecular complexity index is 372. The molecule has 1 saturated heterocycles. The number of hydrogen-bond donors (Lipinski definition) is 1. The second-order valence-corrected chi connectivity index (χ2v) is 7.15. The van der Waals surface area contributed by atoms with Crippen LogP contribution in [0.5, 0.6) is 0 Å². The molecule has 0 bridgehead atoms. The molecule has 2 atom stereocenters. The zero-order valence-electron chi connectivity index (χ0n) is 11.4. The molecule has 1 aliphatic rings. The fraction of sp³-hybridized carbons (Fsp3) is 0.714. The summed E-state index contributed by atoms with van der Waals surface area (Å²) in [5.41, 5.74) is 0. The SMILES string of the molecule is CC(C)N(CC1CCCN1)C(C)c1ccc(Cl)s1.